The van der Waals surface area contributed by atoms with E-state index in [9.17, 15) is 14.4 Å². The maximum atomic E-state index is 13.6. The molecule has 5 rings (SSSR count). The van der Waals surface area contributed by atoms with Crippen molar-refractivity contribution in [1.82, 2.24) is 15.1 Å². The van der Waals surface area contributed by atoms with Gasteiger partial charge in [0.15, 0.2) is 6.61 Å². The molecule has 0 radical (unpaired) electrons. The molecule has 2 heterocycles. The normalized spacial score (nSPS) is 16.6. The van der Waals surface area contributed by atoms with Crippen LogP contribution in [0.25, 0.3) is 0 Å². The molecular formula is C39H51Cl2N3O4. The first-order chi connectivity index (χ1) is 22.8. The molecule has 0 aromatic heterocycles. The van der Waals surface area contributed by atoms with Gasteiger partial charge in [-0.15, -0.1) is 12.4 Å². The van der Waals surface area contributed by atoms with Gasteiger partial charge in [0, 0.05) is 43.9 Å². The van der Waals surface area contributed by atoms with Gasteiger partial charge in [0.05, 0.1) is 11.7 Å². The molecule has 2 fully saturated rings. The van der Waals surface area contributed by atoms with Crippen LogP contribution in [0.1, 0.15) is 82.8 Å². The van der Waals surface area contributed by atoms with Crippen molar-refractivity contribution in [2.75, 3.05) is 19.7 Å². The third-order valence-corrected chi connectivity index (χ3v) is 9.24. The Morgan fingerprint density at radius 3 is 2.04 bits per heavy atom. The molecule has 1 atom stereocenters. The minimum Gasteiger partial charge on any atom is -0.484 e. The average Bonchev–Trinajstić information content (AvgIpc) is 3.32. The number of benzene rings is 3. The van der Waals surface area contributed by atoms with Gasteiger partial charge in [0.2, 0.25) is 5.91 Å². The number of likely N-dealkylation sites (tertiary alicyclic amines) is 1. The van der Waals surface area contributed by atoms with E-state index >= 15 is 0 Å². The lowest BCUT2D eigenvalue weighted by Crippen LogP contribution is -2.59. The second kappa shape index (κ2) is 20.2. The fourth-order valence-corrected chi connectivity index (χ4v) is 6.43. The number of nitrogens with zero attached hydrogens (tertiary/aromatic N) is 2. The minimum absolute atomic E-state index is 0. The summed E-state index contributed by atoms with van der Waals surface area (Å²) in [6.07, 6.45) is 10.4. The Kier molecular flexibility index (Phi) is 16.4. The molecule has 3 aromatic carbocycles. The van der Waals surface area contributed by atoms with E-state index in [1.165, 1.54) is 32.1 Å². The van der Waals surface area contributed by atoms with Gasteiger partial charge >= 0.3 is 0 Å². The predicted octanol–water partition coefficient (Wildman–Crippen LogP) is 8.03. The van der Waals surface area contributed by atoms with E-state index in [1.807, 2.05) is 46.2 Å². The van der Waals surface area contributed by atoms with Crippen LogP contribution in [-0.4, -0.2) is 58.8 Å². The van der Waals surface area contributed by atoms with Crippen LogP contribution in [-0.2, 0) is 27.3 Å². The second-order valence-electron chi connectivity index (χ2n) is 12.7. The maximum absolute atomic E-state index is 13.6. The van der Waals surface area contributed by atoms with Crippen molar-refractivity contribution in [3.8, 4) is 5.75 Å². The highest BCUT2D eigenvalue weighted by atomic mass is 35.5. The number of ketones is 1. The number of halogens is 2. The fraction of sp³-hybridized carbons (Fsp3) is 0.462. The van der Waals surface area contributed by atoms with Crippen molar-refractivity contribution < 1.29 is 19.1 Å². The van der Waals surface area contributed by atoms with Crippen LogP contribution in [0.5, 0.6) is 5.75 Å². The molecule has 3 aromatic rings. The number of carbonyl (C=O) groups is 3. The Morgan fingerprint density at radius 2 is 1.44 bits per heavy atom. The molecule has 0 unspecified atom stereocenters. The zero-order valence-electron chi connectivity index (χ0n) is 28.4. The number of carbonyl (C=O) groups excluding carboxylic acids is 3. The smallest absolute Gasteiger partial charge is 0.260 e. The molecule has 2 saturated heterocycles. The van der Waals surface area contributed by atoms with Crippen LogP contribution in [0.4, 0.5) is 0 Å². The monoisotopic (exact) mass is 695 g/mol. The third kappa shape index (κ3) is 11.9. The molecule has 1 N–H and O–H groups in total. The quantitative estimate of drug-likeness (QED) is 0.173. The van der Waals surface area contributed by atoms with Crippen molar-refractivity contribution in [1.29, 1.82) is 0 Å². The van der Waals surface area contributed by atoms with Crippen molar-refractivity contribution in [3.05, 3.63) is 101 Å². The summed E-state index contributed by atoms with van der Waals surface area (Å²) in [5.74, 6) is 1.01. The van der Waals surface area contributed by atoms with Crippen LogP contribution >= 0.6 is 24.0 Å². The Bertz CT molecular complexity index is 1400. The van der Waals surface area contributed by atoms with Gasteiger partial charge in [0.25, 0.3) is 5.91 Å². The fourth-order valence-electron chi connectivity index (χ4n) is 6.31. The Hall–Kier alpha value is -3.39. The molecule has 2 amide bonds. The minimum atomic E-state index is -0.472. The zero-order chi connectivity index (χ0) is 33.5. The van der Waals surface area contributed by atoms with E-state index in [-0.39, 0.29) is 36.9 Å². The van der Waals surface area contributed by atoms with Gasteiger partial charge < -0.3 is 19.3 Å². The van der Waals surface area contributed by atoms with Gasteiger partial charge in [0.1, 0.15) is 11.5 Å². The molecule has 0 aliphatic carbocycles. The molecule has 9 heteroatoms. The molecule has 0 bridgehead atoms. The Balaban J connectivity index is 0.000000450. The topological polar surface area (TPSA) is 79.0 Å². The first-order valence-corrected chi connectivity index (χ1v) is 17.5. The Labute approximate surface area is 297 Å². The van der Waals surface area contributed by atoms with E-state index in [2.05, 4.69) is 36.5 Å². The first-order valence-electron chi connectivity index (χ1n) is 17.1. The lowest BCUT2D eigenvalue weighted by molar-refractivity contribution is -0.139. The van der Waals surface area contributed by atoms with Gasteiger partial charge in [-0.2, -0.15) is 0 Å². The summed E-state index contributed by atoms with van der Waals surface area (Å²) in [5.41, 5.74) is 1.76. The van der Waals surface area contributed by atoms with E-state index in [0.717, 1.165) is 24.0 Å². The second-order valence-corrected chi connectivity index (χ2v) is 13.1. The number of amides is 2. The summed E-state index contributed by atoms with van der Waals surface area (Å²) in [6.45, 7) is 5.54. The van der Waals surface area contributed by atoms with Crippen molar-refractivity contribution in [3.63, 3.8) is 0 Å². The van der Waals surface area contributed by atoms with E-state index in [4.69, 9.17) is 16.3 Å². The third-order valence-electron chi connectivity index (χ3n) is 8.99. The summed E-state index contributed by atoms with van der Waals surface area (Å²) in [6, 6.07) is 26.9. The summed E-state index contributed by atoms with van der Waals surface area (Å²) in [4.78, 5) is 40.9. The number of unbranched alkanes of at least 4 members (excludes halogenated alkanes) is 5. The van der Waals surface area contributed by atoms with Crippen molar-refractivity contribution >= 4 is 41.6 Å². The number of ether oxygens (including phenoxy) is 1. The largest absolute Gasteiger partial charge is 0.484 e. The first kappa shape index (κ1) is 39.1. The van der Waals surface area contributed by atoms with E-state index in [0.29, 0.717) is 55.5 Å². The van der Waals surface area contributed by atoms with Crippen LogP contribution in [0.15, 0.2) is 84.9 Å². The summed E-state index contributed by atoms with van der Waals surface area (Å²) in [5, 5.41) is 4.32. The number of Topliss-reactive ketones (excluding diaryl/α,β-unsaturated/α-hetero) is 1. The van der Waals surface area contributed by atoms with Crippen LogP contribution in [0.3, 0.4) is 0 Å². The van der Waals surface area contributed by atoms with E-state index < -0.39 is 5.66 Å². The van der Waals surface area contributed by atoms with Crippen molar-refractivity contribution in [2.24, 2.45) is 0 Å². The maximum Gasteiger partial charge on any atom is 0.260 e. The lowest BCUT2D eigenvalue weighted by Gasteiger charge is -2.44. The molecule has 260 valence electrons. The van der Waals surface area contributed by atoms with Gasteiger partial charge in [-0.1, -0.05) is 111 Å². The highest BCUT2D eigenvalue weighted by molar-refractivity contribution is 6.30. The standard InChI is InChI=1S/C29H30ClN3O3.C10H20O.ClH/c30-24-11-13-25(14-12-24)36-21-27(34)32-17-15-29(16-18-32)31-26(19-22-7-3-1-4-8-22)28(35)33(29)20-23-9-5-2-6-10-23;1-3-4-5-6-7-8-9-10(2)11;/h1-14,26,31H,15-21H2;3-9H2,1-2H3;1H/t26-;;/m0../s1. The molecule has 2 aliphatic rings. The summed E-state index contributed by atoms with van der Waals surface area (Å²) < 4.78 is 5.66. The lowest BCUT2D eigenvalue weighted by atomic mass is 9.95. The van der Waals surface area contributed by atoms with Crippen LogP contribution in [0.2, 0.25) is 5.02 Å². The Morgan fingerprint density at radius 1 is 0.854 bits per heavy atom. The van der Waals surface area contributed by atoms with Crippen LogP contribution in [0, 0.1) is 0 Å². The summed E-state index contributed by atoms with van der Waals surface area (Å²) >= 11 is 5.92. The number of nitrogens with one attached hydrogen (secondary N) is 1. The van der Waals surface area contributed by atoms with Crippen LogP contribution < -0.4 is 10.1 Å². The summed E-state index contributed by atoms with van der Waals surface area (Å²) in [7, 11) is 0. The molecular weight excluding hydrogens is 645 g/mol. The predicted molar refractivity (Wildman–Crippen MR) is 195 cm³/mol. The molecule has 2 aliphatic heterocycles. The number of hydrogen-bond acceptors (Lipinski definition) is 5. The molecule has 48 heavy (non-hydrogen) atoms. The highest BCUT2D eigenvalue weighted by Gasteiger charge is 2.51. The van der Waals surface area contributed by atoms with E-state index in [1.54, 1.807) is 31.2 Å². The number of rotatable bonds is 14. The zero-order valence-corrected chi connectivity index (χ0v) is 29.9. The van der Waals surface area contributed by atoms with Gasteiger partial charge in [-0.3, -0.25) is 14.9 Å². The van der Waals surface area contributed by atoms with Crippen molar-refractivity contribution in [2.45, 2.75) is 96.3 Å². The molecule has 1 spiro atoms. The SMILES string of the molecule is CCCCCCCCC(C)=O.Cl.O=C(COc1ccc(Cl)cc1)N1CCC2(CC1)N[C@@H](Cc1ccccc1)C(=O)N2Cc1ccccc1. The molecule has 0 saturated carbocycles. The number of hydrogen-bond donors (Lipinski definition) is 1. The number of piperidine rings is 1. The highest BCUT2D eigenvalue weighted by Crippen LogP contribution is 2.35. The average molecular weight is 697 g/mol. The molecule has 7 nitrogen and oxygen atoms in total. The van der Waals surface area contributed by atoms with Gasteiger partial charge in [-0.25, -0.2) is 0 Å². The van der Waals surface area contributed by atoms with Gasteiger partial charge in [-0.05, 0) is 55.2 Å².